The maximum absolute atomic E-state index is 13.1. The number of rotatable bonds is 6. The van der Waals surface area contributed by atoms with Gasteiger partial charge in [0.25, 0.3) is 0 Å². The second kappa shape index (κ2) is 6.64. The number of amides is 1. The minimum absolute atomic E-state index is 0.321. The third-order valence-corrected chi connectivity index (χ3v) is 6.90. The molecule has 0 aromatic carbocycles. The van der Waals surface area contributed by atoms with Crippen molar-refractivity contribution >= 4 is 5.91 Å². The first-order valence-corrected chi connectivity index (χ1v) is 10.5. The van der Waals surface area contributed by atoms with Crippen molar-refractivity contribution in [3.05, 3.63) is 17.0 Å². The van der Waals surface area contributed by atoms with Crippen LogP contribution in [0.5, 0.6) is 0 Å². The average molecular weight is 358 g/mol. The predicted octanol–water partition coefficient (Wildman–Crippen LogP) is 1.76. The van der Waals surface area contributed by atoms with Gasteiger partial charge in [-0.1, -0.05) is 0 Å². The Morgan fingerprint density at radius 2 is 1.96 bits per heavy atom. The van der Waals surface area contributed by atoms with E-state index in [1.807, 2.05) is 0 Å². The smallest absolute Gasteiger partial charge is 0.224 e. The lowest BCUT2D eigenvalue weighted by atomic mass is 10.0. The normalized spacial score (nSPS) is 29.2. The number of aromatic nitrogens is 2. The van der Waals surface area contributed by atoms with Crippen molar-refractivity contribution in [2.75, 3.05) is 19.6 Å². The molecule has 1 saturated heterocycles. The van der Waals surface area contributed by atoms with Gasteiger partial charge in [0.2, 0.25) is 5.91 Å². The predicted molar refractivity (Wildman–Crippen MR) is 99.6 cm³/mol. The Bertz CT molecular complexity index is 678. The summed E-state index contributed by atoms with van der Waals surface area (Å²) in [5.74, 6) is 1.81. The number of nitrogens with zero attached hydrogens (tertiary/aromatic N) is 3. The molecule has 0 bridgehead atoms. The lowest BCUT2D eigenvalue weighted by molar-refractivity contribution is -0.133. The van der Waals surface area contributed by atoms with Gasteiger partial charge >= 0.3 is 0 Å². The Morgan fingerprint density at radius 1 is 1.15 bits per heavy atom. The van der Waals surface area contributed by atoms with Crippen LogP contribution in [0.2, 0.25) is 0 Å². The molecule has 142 valence electrons. The van der Waals surface area contributed by atoms with Crippen LogP contribution in [-0.2, 0) is 17.8 Å². The molecule has 2 atom stereocenters. The maximum Gasteiger partial charge on any atom is 0.224 e. The minimum Gasteiger partial charge on any atom is -0.338 e. The molecule has 2 aliphatic heterocycles. The monoisotopic (exact) mass is 357 g/mol. The summed E-state index contributed by atoms with van der Waals surface area (Å²) in [6.45, 7) is 3.46. The van der Waals surface area contributed by atoms with Gasteiger partial charge in [0.05, 0.1) is 5.69 Å². The van der Waals surface area contributed by atoms with Crippen molar-refractivity contribution < 1.29 is 4.79 Å². The van der Waals surface area contributed by atoms with Crippen LogP contribution >= 0.6 is 0 Å². The molecule has 2 saturated carbocycles. The van der Waals surface area contributed by atoms with Gasteiger partial charge in [-0.05, 0) is 44.4 Å². The Labute approximate surface area is 155 Å². The Balaban J connectivity index is 1.24. The molecule has 6 nitrogen and oxygen atoms in total. The van der Waals surface area contributed by atoms with Crippen LogP contribution in [0.15, 0.2) is 0 Å². The van der Waals surface area contributed by atoms with Crippen LogP contribution < -0.4 is 5.73 Å². The summed E-state index contributed by atoms with van der Waals surface area (Å²) in [4.78, 5) is 17.7. The highest BCUT2D eigenvalue weighted by Gasteiger charge is 2.39. The summed E-state index contributed by atoms with van der Waals surface area (Å²) >= 11 is 0. The topological polar surface area (TPSA) is 78.2 Å². The molecule has 1 aromatic heterocycles. The van der Waals surface area contributed by atoms with Gasteiger partial charge in [-0.15, -0.1) is 0 Å². The molecule has 0 spiro atoms. The van der Waals surface area contributed by atoms with Crippen LogP contribution in [0.1, 0.15) is 67.8 Å². The van der Waals surface area contributed by atoms with E-state index in [-0.39, 0.29) is 0 Å². The van der Waals surface area contributed by atoms with Crippen LogP contribution in [0.4, 0.5) is 0 Å². The minimum atomic E-state index is 0.321. The van der Waals surface area contributed by atoms with Crippen molar-refractivity contribution in [2.24, 2.45) is 11.7 Å². The summed E-state index contributed by atoms with van der Waals surface area (Å²) in [7, 11) is 0. The molecule has 6 heteroatoms. The fraction of sp³-hybridized carbons (Fsp3) is 0.800. The van der Waals surface area contributed by atoms with E-state index in [2.05, 4.69) is 20.0 Å². The zero-order valence-corrected chi connectivity index (χ0v) is 15.6. The second-order valence-corrected chi connectivity index (χ2v) is 8.87. The standard InChI is InChI=1S/C20H31N5O/c21-10-16-6-5-15(25(16)11-13-1-2-13)9-19(26)24-8-7-18-17(12-24)20(23-22-18)14-3-4-14/h13-16H,1-12,21H2,(H,22,23)/t15-,16+/m0/s1. The Kier molecular flexibility index (Phi) is 4.28. The third kappa shape index (κ3) is 3.18. The number of hydrogen-bond donors (Lipinski definition) is 2. The summed E-state index contributed by atoms with van der Waals surface area (Å²) < 4.78 is 0. The maximum atomic E-state index is 13.1. The SMILES string of the molecule is NC[C@H]1CC[C@@H](CC(=O)N2CCc3[nH]nc(C4CC4)c3C2)N1CC1CC1. The summed E-state index contributed by atoms with van der Waals surface area (Å²) in [5.41, 5.74) is 9.81. The van der Waals surface area contributed by atoms with Crippen LogP contribution in [-0.4, -0.2) is 57.6 Å². The largest absolute Gasteiger partial charge is 0.338 e. The first-order valence-electron chi connectivity index (χ1n) is 10.5. The van der Waals surface area contributed by atoms with Gasteiger partial charge in [-0.3, -0.25) is 14.8 Å². The number of nitrogens with one attached hydrogen (secondary N) is 1. The lowest BCUT2D eigenvalue weighted by Gasteiger charge is -2.32. The first-order chi connectivity index (χ1) is 12.7. The molecule has 0 radical (unpaired) electrons. The molecule has 5 rings (SSSR count). The number of fused-ring (bicyclic) bond motifs is 1. The van der Waals surface area contributed by atoms with Gasteiger partial charge in [0, 0.05) is 68.3 Å². The molecule has 26 heavy (non-hydrogen) atoms. The molecular formula is C20H31N5O. The van der Waals surface area contributed by atoms with Gasteiger partial charge < -0.3 is 10.6 Å². The fourth-order valence-electron chi connectivity index (χ4n) is 4.94. The fourth-order valence-corrected chi connectivity index (χ4v) is 4.94. The van der Waals surface area contributed by atoms with Gasteiger partial charge in [0.15, 0.2) is 0 Å². The number of H-pyrrole nitrogens is 1. The first kappa shape index (κ1) is 16.8. The van der Waals surface area contributed by atoms with Crippen molar-refractivity contribution in [1.29, 1.82) is 0 Å². The molecule has 0 unspecified atom stereocenters. The zero-order chi connectivity index (χ0) is 17.7. The van der Waals surface area contributed by atoms with Crippen molar-refractivity contribution in [2.45, 2.75) is 75.9 Å². The third-order valence-electron chi connectivity index (χ3n) is 6.90. The van der Waals surface area contributed by atoms with E-state index in [0.29, 0.717) is 30.3 Å². The van der Waals surface area contributed by atoms with E-state index < -0.39 is 0 Å². The van der Waals surface area contributed by atoms with E-state index in [1.54, 1.807) is 0 Å². The summed E-state index contributed by atoms with van der Waals surface area (Å²) in [6, 6.07) is 0.877. The van der Waals surface area contributed by atoms with Crippen LogP contribution in [0.3, 0.4) is 0 Å². The molecule has 1 aromatic rings. The zero-order valence-electron chi connectivity index (χ0n) is 15.6. The highest BCUT2D eigenvalue weighted by Crippen LogP contribution is 2.42. The summed E-state index contributed by atoms with van der Waals surface area (Å²) in [6.07, 6.45) is 9.07. The van der Waals surface area contributed by atoms with E-state index in [0.717, 1.165) is 51.4 Å². The second-order valence-electron chi connectivity index (χ2n) is 8.87. The van der Waals surface area contributed by atoms with Crippen LogP contribution in [0, 0.1) is 5.92 Å². The summed E-state index contributed by atoms with van der Waals surface area (Å²) in [5, 5.41) is 7.76. The van der Waals surface area contributed by atoms with Crippen molar-refractivity contribution in [3.8, 4) is 0 Å². The van der Waals surface area contributed by atoms with Crippen LogP contribution in [0.25, 0.3) is 0 Å². The quantitative estimate of drug-likeness (QED) is 0.813. The van der Waals surface area contributed by atoms with Gasteiger partial charge in [-0.2, -0.15) is 5.10 Å². The van der Waals surface area contributed by atoms with Gasteiger partial charge in [-0.25, -0.2) is 0 Å². The molecular weight excluding hydrogens is 326 g/mol. The average Bonchev–Trinajstić information content (AvgIpc) is 3.58. The van der Waals surface area contributed by atoms with E-state index in [9.17, 15) is 4.79 Å². The van der Waals surface area contributed by atoms with E-state index >= 15 is 0 Å². The Hall–Kier alpha value is -1.40. The highest BCUT2D eigenvalue weighted by molar-refractivity contribution is 5.77. The molecule has 1 amide bonds. The number of carbonyl (C=O) groups excluding carboxylic acids is 1. The van der Waals surface area contributed by atoms with E-state index in [1.165, 1.54) is 42.6 Å². The number of hydrogen-bond acceptors (Lipinski definition) is 4. The molecule has 4 aliphatic rings. The van der Waals surface area contributed by atoms with Crippen molar-refractivity contribution in [3.63, 3.8) is 0 Å². The molecule has 3 N–H and O–H groups in total. The number of likely N-dealkylation sites (tertiary alicyclic amines) is 1. The van der Waals surface area contributed by atoms with E-state index in [4.69, 9.17) is 5.73 Å². The molecule has 3 heterocycles. The Morgan fingerprint density at radius 3 is 2.69 bits per heavy atom. The van der Waals surface area contributed by atoms with Crippen molar-refractivity contribution in [1.82, 2.24) is 20.0 Å². The number of nitrogens with two attached hydrogens (primary N) is 1. The number of aromatic amines is 1. The molecule has 3 fully saturated rings. The number of carbonyl (C=O) groups is 1. The highest BCUT2D eigenvalue weighted by atomic mass is 16.2. The molecule has 2 aliphatic carbocycles. The lowest BCUT2D eigenvalue weighted by Crippen LogP contribution is -2.44. The van der Waals surface area contributed by atoms with Gasteiger partial charge in [0.1, 0.15) is 0 Å².